The minimum atomic E-state index is -3.10. The third-order valence-electron chi connectivity index (χ3n) is 5.08. The van der Waals surface area contributed by atoms with E-state index < -0.39 is 10.0 Å². The minimum absolute atomic E-state index is 0.130. The first-order valence-corrected chi connectivity index (χ1v) is 9.61. The van der Waals surface area contributed by atoms with E-state index in [9.17, 15) is 8.42 Å². The maximum atomic E-state index is 12.7. The number of fused-ring (bicyclic) bond motifs is 1. The molecule has 5 nitrogen and oxygen atoms in total. The molecule has 0 saturated carbocycles. The van der Waals surface area contributed by atoms with Crippen LogP contribution in [0.15, 0.2) is 0 Å². The minimum Gasteiger partial charge on any atom is -0.316 e. The summed E-state index contributed by atoms with van der Waals surface area (Å²) in [6.45, 7) is 6.72. The summed E-state index contributed by atoms with van der Waals surface area (Å²) in [6, 6.07) is 0.594. The topological polar surface area (TPSA) is 52.7 Å². The van der Waals surface area contributed by atoms with Gasteiger partial charge in [-0.15, -0.1) is 0 Å². The van der Waals surface area contributed by atoms with E-state index in [1.54, 1.807) is 4.31 Å². The fourth-order valence-corrected chi connectivity index (χ4v) is 6.09. The fraction of sp³-hybridized carbons (Fsp3) is 1.00. The van der Waals surface area contributed by atoms with Crippen molar-refractivity contribution in [3.8, 4) is 0 Å². The number of hydrogen-bond donors (Lipinski definition) is 1. The van der Waals surface area contributed by atoms with E-state index in [4.69, 9.17) is 0 Å². The molecule has 0 bridgehead atoms. The molecule has 3 aliphatic heterocycles. The molecule has 3 rings (SSSR count). The van der Waals surface area contributed by atoms with Crippen molar-refractivity contribution in [3.63, 3.8) is 0 Å². The lowest BCUT2D eigenvalue weighted by molar-refractivity contribution is 0.116. The Morgan fingerprint density at radius 3 is 2.80 bits per heavy atom. The van der Waals surface area contributed by atoms with Crippen LogP contribution < -0.4 is 5.32 Å². The predicted molar refractivity (Wildman–Crippen MR) is 80.1 cm³/mol. The summed E-state index contributed by atoms with van der Waals surface area (Å²) >= 11 is 0. The van der Waals surface area contributed by atoms with Crippen molar-refractivity contribution in [2.24, 2.45) is 5.92 Å². The van der Waals surface area contributed by atoms with Crippen molar-refractivity contribution in [3.05, 3.63) is 0 Å². The molecular weight excluding hydrogens is 274 g/mol. The van der Waals surface area contributed by atoms with E-state index in [2.05, 4.69) is 17.1 Å². The molecule has 0 amide bonds. The average Bonchev–Trinajstić information content (AvgIpc) is 2.85. The van der Waals surface area contributed by atoms with Crippen LogP contribution in [0, 0.1) is 5.92 Å². The Labute approximate surface area is 122 Å². The van der Waals surface area contributed by atoms with Crippen LogP contribution in [0.5, 0.6) is 0 Å². The Balaban J connectivity index is 1.66. The lowest BCUT2D eigenvalue weighted by Gasteiger charge is -2.42. The quantitative estimate of drug-likeness (QED) is 0.824. The maximum Gasteiger partial charge on any atom is 0.214 e. The SMILES string of the molecule is CC1CN2CCCC2CN1S(=O)(=O)CC1CCCNC1. The number of nitrogens with zero attached hydrogens (tertiary/aromatic N) is 2. The highest BCUT2D eigenvalue weighted by molar-refractivity contribution is 7.89. The van der Waals surface area contributed by atoms with Crippen LogP contribution in [0.2, 0.25) is 0 Å². The summed E-state index contributed by atoms with van der Waals surface area (Å²) in [4.78, 5) is 2.47. The van der Waals surface area contributed by atoms with E-state index in [1.165, 1.54) is 6.42 Å². The summed E-state index contributed by atoms with van der Waals surface area (Å²) in [6.07, 6.45) is 4.53. The van der Waals surface area contributed by atoms with Gasteiger partial charge in [0.15, 0.2) is 0 Å². The molecule has 1 N–H and O–H groups in total. The highest BCUT2D eigenvalue weighted by Gasteiger charge is 2.40. The zero-order valence-electron chi connectivity index (χ0n) is 12.4. The third kappa shape index (κ3) is 3.03. The lowest BCUT2D eigenvalue weighted by atomic mass is 10.0. The average molecular weight is 301 g/mol. The van der Waals surface area contributed by atoms with E-state index in [0.717, 1.165) is 45.4 Å². The molecule has 0 aromatic rings. The summed E-state index contributed by atoms with van der Waals surface area (Å²) in [5.74, 6) is 0.624. The van der Waals surface area contributed by atoms with Crippen molar-refractivity contribution < 1.29 is 8.42 Å². The number of piperidine rings is 1. The van der Waals surface area contributed by atoms with E-state index in [0.29, 0.717) is 24.3 Å². The maximum absolute atomic E-state index is 12.7. The highest BCUT2D eigenvalue weighted by atomic mass is 32.2. The molecule has 20 heavy (non-hydrogen) atoms. The van der Waals surface area contributed by atoms with Crippen LogP contribution in [0.25, 0.3) is 0 Å². The van der Waals surface area contributed by atoms with Gasteiger partial charge in [-0.2, -0.15) is 4.31 Å². The second kappa shape index (κ2) is 5.91. The van der Waals surface area contributed by atoms with Gasteiger partial charge in [-0.05, 0) is 58.2 Å². The van der Waals surface area contributed by atoms with Crippen molar-refractivity contribution >= 4 is 10.0 Å². The van der Waals surface area contributed by atoms with Crippen LogP contribution in [0.3, 0.4) is 0 Å². The van der Waals surface area contributed by atoms with Gasteiger partial charge in [0.1, 0.15) is 0 Å². The summed E-state index contributed by atoms with van der Waals surface area (Å²) in [7, 11) is -3.10. The molecule has 0 aromatic heterocycles. The summed E-state index contributed by atoms with van der Waals surface area (Å²) in [5.41, 5.74) is 0. The van der Waals surface area contributed by atoms with Crippen LogP contribution in [-0.4, -0.2) is 68.2 Å². The van der Waals surface area contributed by atoms with Gasteiger partial charge in [-0.25, -0.2) is 8.42 Å². The molecule has 0 aromatic carbocycles. The Hall–Kier alpha value is -0.170. The molecule has 3 unspecified atom stereocenters. The van der Waals surface area contributed by atoms with Gasteiger partial charge in [0.05, 0.1) is 5.75 Å². The molecule has 3 aliphatic rings. The van der Waals surface area contributed by atoms with Crippen LogP contribution in [-0.2, 0) is 10.0 Å². The number of sulfonamides is 1. The zero-order valence-corrected chi connectivity index (χ0v) is 13.2. The second-order valence-corrected chi connectivity index (χ2v) is 8.67. The third-order valence-corrected chi connectivity index (χ3v) is 7.20. The lowest BCUT2D eigenvalue weighted by Crippen LogP contribution is -2.57. The van der Waals surface area contributed by atoms with Crippen molar-refractivity contribution in [2.75, 3.05) is 38.5 Å². The van der Waals surface area contributed by atoms with Gasteiger partial charge in [-0.3, -0.25) is 4.90 Å². The van der Waals surface area contributed by atoms with E-state index in [1.807, 2.05) is 0 Å². The second-order valence-electron chi connectivity index (χ2n) is 6.70. The molecular formula is C14H27N3O2S. The molecule has 116 valence electrons. The molecule has 0 aliphatic carbocycles. The van der Waals surface area contributed by atoms with Gasteiger partial charge in [-0.1, -0.05) is 0 Å². The Morgan fingerprint density at radius 2 is 2.05 bits per heavy atom. The predicted octanol–water partition coefficient (Wildman–Crippen LogP) is 0.484. The molecule has 3 heterocycles. The van der Waals surface area contributed by atoms with Crippen LogP contribution >= 0.6 is 0 Å². The first kappa shape index (κ1) is 14.8. The number of rotatable bonds is 3. The Kier molecular flexibility index (Phi) is 4.36. The standard InChI is InChI=1S/C14H27N3O2S/c1-12-9-16-7-3-5-14(16)10-17(12)20(18,19)11-13-4-2-6-15-8-13/h12-15H,2-11H2,1H3. The van der Waals surface area contributed by atoms with Gasteiger partial charge in [0.2, 0.25) is 10.0 Å². The fourth-order valence-electron chi connectivity index (χ4n) is 4.01. The number of piperazine rings is 1. The Morgan fingerprint density at radius 1 is 1.20 bits per heavy atom. The summed E-state index contributed by atoms with van der Waals surface area (Å²) < 4.78 is 27.3. The molecule has 0 radical (unpaired) electrons. The van der Waals surface area contributed by atoms with E-state index in [-0.39, 0.29) is 6.04 Å². The smallest absolute Gasteiger partial charge is 0.214 e. The van der Waals surface area contributed by atoms with Crippen molar-refractivity contribution in [2.45, 2.75) is 44.7 Å². The monoisotopic (exact) mass is 301 g/mol. The number of nitrogens with one attached hydrogen (secondary N) is 1. The molecule has 0 spiro atoms. The zero-order chi connectivity index (χ0) is 14.2. The molecule has 3 atom stereocenters. The highest BCUT2D eigenvalue weighted by Crippen LogP contribution is 2.27. The van der Waals surface area contributed by atoms with Gasteiger partial charge in [0.25, 0.3) is 0 Å². The molecule has 6 heteroatoms. The normalized spacial score (nSPS) is 37.0. The van der Waals surface area contributed by atoms with Gasteiger partial charge >= 0.3 is 0 Å². The molecule has 3 saturated heterocycles. The number of hydrogen-bond acceptors (Lipinski definition) is 4. The first-order valence-electron chi connectivity index (χ1n) is 8.00. The van der Waals surface area contributed by atoms with Crippen LogP contribution in [0.1, 0.15) is 32.6 Å². The summed E-state index contributed by atoms with van der Waals surface area (Å²) in [5, 5.41) is 3.32. The first-order chi connectivity index (χ1) is 9.56. The van der Waals surface area contributed by atoms with Crippen molar-refractivity contribution in [1.82, 2.24) is 14.5 Å². The Bertz CT molecular complexity index is 434. The largest absolute Gasteiger partial charge is 0.316 e. The van der Waals surface area contributed by atoms with Crippen molar-refractivity contribution in [1.29, 1.82) is 0 Å². The van der Waals surface area contributed by atoms with E-state index >= 15 is 0 Å². The molecule has 3 fully saturated rings. The van der Waals surface area contributed by atoms with Gasteiger partial charge in [0, 0.05) is 25.2 Å². The van der Waals surface area contributed by atoms with Gasteiger partial charge < -0.3 is 5.32 Å². The van der Waals surface area contributed by atoms with Crippen LogP contribution in [0.4, 0.5) is 0 Å².